The van der Waals surface area contributed by atoms with Gasteiger partial charge >= 0.3 is 0 Å². The second-order valence-corrected chi connectivity index (χ2v) is 5.70. The lowest BCUT2D eigenvalue weighted by Gasteiger charge is -2.25. The fourth-order valence-corrected chi connectivity index (χ4v) is 2.66. The first-order valence-electron chi connectivity index (χ1n) is 7.31. The van der Waals surface area contributed by atoms with E-state index in [0.717, 1.165) is 24.1 Å². The Morgan fingerprint density at radius 2 is 2.14 bits per heavy atom. The Kier molecular flexibility index (Phi) is 4.71. The number of hydrogen-bond acceptors (Lipinski definition) is 3. The molecule has 5 heteroatoms. The number of pyridine rings is 1. The van der Waals surface area contributed by atoms with Gasteiger partial charge in [0, 0.05) is 29.7 Å². The Morgan fingerprint density at radius 1 is 1.32 bits per heavy atom. The van der Waals surface area contributed by atoms with Crippen molar-refractivity contribution in [3.63, 3.8) is 0 Å². The summed E-state index contributed by atoms with van der Waals surface area (Å²) in [4.78, 5) is 18.6. The Morgan fingerprint density at radius 3 is 2.77 bits per heavy atom. The molecule has 4 nitrogen and oxygen atoms in total. The molecule has 114 valence electrons. The van der Waals surface area contributed by atoms with Crippen LogP contribution in [0.1, 0.15) is 18.4 Å². The van der Waals surface area contributed by atoms with E-state index in [1.54, 1.807) is 29.4 Å². The fourth-order valence-electron chi connectivity index (χ4n) is 2.54. The van der Waals surface area contributed by atoms with E-state index in [4.69, 9.17) is 16.3 Å². The van der Waals surface area contributed by atoms with Gasteiger partial charge in [0.1, 0.15) is 6.10 Å². The van der Waals surface area contributed by atoms with Crippen molar-refractivity contribution in [1.29, 1.82) is 0 Å². The van der Waals surface area contributed by atoms with Gasteiger partial charge in [-0.05, 0) is 48.7 Å². The van der Waals surface area contributed by atoms with Crippen molar-refractivity contribution in [3.8, 4) is 0 Å². The number of carbonyl (C=O) groups is 1. The Hall–Kier alpha value is -1.91. The number of hydrogen-bond donors (Lipinski definition) is 0. The number of anilines is 1. The molecule has 1 saturated heterocycles. The average molecular weight is 317 g/mol. The van der Waals surface area contributed by atoms with Gasteiger partial charge in [-0.1, -0.05) is 17.7 Å². The molecule has 1 unspecified atom stereocenters. The Labute approximate surface area is 134 Å². The lowest BCUT2D eigenvalue weighted by Crippen LogP contribution is -2.38. The molecule has 1 aromatic heterocycles. The highest BCUT2D eigenvalue weighted by molar-refractivity contribution is 6.30. The van der Waals surface area contributed by atoms with Crippen LogP contribution in [0, 0.1) is 0 Å². The van der Waals surface area contributed by atoms with Gasteiger partial charge in [-0.15, -0.1) is 0 Å². The summed E-state index contributed by atoms with van der Waals surface area (Å²) < 4.78 is 5.55. The van der Waals surface area contributed by atoms with E-state index in [1.165, 1.54) is 0 Å². The van der Waals surface area contributed by atoms with E-state index in [1.807, 2.05) is 24.3 Å². The van der Waals surface area contributed by atoms with Gasteiger partial charge in [0.15, 0.2) is 0 Å². The van der Waals surface area contributed by atoms with Gasteiger partial charge in [-0.3, -0.25) is 9.78 Å². The van der Waals surface area contributed by atoms with Gasteiger partial charge in [-0.2, -0.15) is 0 Å². The highest BCUT2D eigenvalue weighted by atomic mass is 35.5. The molecule has 1 aliphatic rings. The highest BCUT2D eigenvalue weighted by Gasteiger charge is 2.29. The second-order valence-electron chi connectivity index (χ2n) is 5.26. The van der Waals surface area contributed by atoms with E-state index >= 15 is 0 Å². The zero-order valence-electron chi connectivity index (χ0n) is 12.1. The fraction of sp³-hybridized carbons (Fsp3) is 0.294. The standard InChI is InChI=1S/C17H17ClN2O2/c18-14-5-7-15(8-6-14)20(12-13-3-1-9-19-11-13)17(21)16-4-2-10-22-16/h1,3,5-9,11,16H,2,4,10,12H2. The maximum absolute atomic E-state index is 12.8. The van der Waals surface area contributed by atoms with E-state index in [-0.39, 0.29) is 12.0 Å². The molecular formula is C17H17ClN2O2. The minimum Gasteiger partial charge on any atom is -0.368 e. The lowest BCUT2D eigenvalue weighted by atomic mass is 10.1. The van der Waals surface area contributed by atoms with E-state index in [0.29, 0.717) is 18.2 Å². The number of nitrogens with zero attached hydrogens (tertiary/aromatic N) is 2. The molecule has 0 saturated carbocycles. The van der Waals surface area contributed by atoms with Crippen LogP contribution in [0.25, 0.3) is 0 Å². The van der Waals surface area contributed by atoms with Crippen molar-refractivity contribution in [1.82, 2.24) is 4.98 Å². The van der Waals surface area contributed by atoms with Gasteiger partial charge in [0.05, 0.1) is 6.54 Å². The van der Waals surface area contributed by atoms with Crippen molar-refractivity contribution in [2.75, 3.05) is 11.5 Å². The number of halogens is 1. The molecule has 1 aromatic carbocycles. The third-order valence-corrected chi connectivity index (χ3v) is 3.92. The quantitative estimate of drug-likeness (QED) is 0.867. The van der Waals surface area contributed by atoms with Gasteiger partial charge in [0.25, 0.3) is 5.91 Å². The molecule has 22 heavy (non-hydrogen) atoms. The lowest BCUT2D eigenvalue weighted by molar-refractivity contribution is -0.127. The summed E-state index contributed by atoms with van der Waals surface area (Å²) in [6.45, 7) is 1.12. The van der Waals surface area contributed by atoms with Crippen molar-refractivity contribution in [2.24, 2.45) is 0 Å². The zero-order valence-corrected chi connectivity index (χ0v) is 12.9. The van der Waals surface area contributed by atoms with E-state index < -0.39 is 0 Å². The molecule has 1 aliphatic heterocycles. The molecule has 0 bridgehead atoms. The molecule has 0 N–H and O–H groups in total. The number of benzene rings is 1. The summed E-state index contributed by atoms with van der Waals surface area (Å²) in [5, 5.41) is 0.648. The average Bonchev–Trinajstić information content (AvgIpc) is 3.08. The van der Waals surface area contributed by atoms with E-state index in [9.17, 15) is 4.79 Å². The first-order valence-corrected chi connectivity index (χ1v) is 7.69. The SMILES string of the molecule is O=C(C1CCCO1)N(Cc1cccnc1)c1ccc(Cl)cc1. The largest absolute Gasteiger partial charge is 0.368 e. The topological polar surface area (TPSA) is 42.4 Å². The minimum absolute atomic E-state index is 0.0105. The predicted octanol–water partition coefficient (Wildman–Crippen LogP) is 3.45. The van der Waals surface area contributed by atoms with E-state index in [2.05, 4.69) is 4.98 Å². The van der Waals surface area contributed by atoms with Crippen molar-refractivity contribution in [2.45, 2.75) is 25.5 Å². The maximum Gasteiger partial charge on any atom is 0.256 e. The number of rotatable bonds is 4. The van der Waals surface area contributed by atoms with Crippen LogP contribution in [0.15, 0.2) is 48.8 Å². The van der Waals surface area contributed by atoms with Gasteiger partial charge < -0.3 is 9.64 Å². The Bertz CT molecular complexity index is 625. The zero-order chi connectivity index (χ0) is 15.4. The van der Waals surface area contributed by atoms with Crippen LogP contribution in [0.5, 0.6) is 0 Å². The van der Waals surface area contributed by atoms with Crippen LogP contribution in [0.4, 0.5) is 5.69 Å². The smallest absolute Gasteiger partial charge is 0.256 e. The summed E-state index contributed by atoms with van der Waals surface area (Å²) in [5.41, 5.74) is 1.79. The number of amides is 1. The van der Waals surface area contributed by atoms with Crippen LogP contribution < -0.4 is 4.90 Å². The highest BCUT2D eigenvalue weighted by Crippen LogP contribution is 2.24. The summed E-state index contributed by atoms with van der Waals surface area (Å²) in [6, 6.07) is 11.1. The second kappa shape index (κ2) is 6.90. The molecule has 0 aliphatic carbocycles. The van der Waals surface area contributed by atoms with Crippen LogP contribution in [-0.4, -0.2) is 23.6 Å². The van der Waals surface area contributed by atoms with Crippen LogP contribution >= 0.6 is 11.6 Å². The molecular weight excluding hydrogens is 300 g/mol. The van der Waals surface area contributed by atoms with Crippen molar-refractivity contribution in [3.05, 3.63) is 59.4 Å². The van der Waals surface area contributed by atoms with Gasteiger partial charge in [0.2, 0.25) is 0 Å². The molecule has 3 rings (SSSR count). The first kappa shape index (κ1) is 15.0. The van der Waals surface area contributed by atoms with Crippen LogP contribution in [0.3, 0.4) is 0 Å². The molecule has 2 heterocycles. The van der Waals surface area contributed by atoms with Crippen molar-refractivity contribution < 1.29 is 9.53 Å². The third kappa shape index (κ3) is 3.46. The molecule has 0 spiro atoms. The summed E-state index contributed by atoms with van der Waals surface area (Å²) in [6.07, 6.45) is 4.84. The molecule has 1 fully saturated rings. The van der Waals surface area contributed by atoms with Crippen molar-refractivity contribution >= 4 is 23.2 Å². The number of aromatic nitrogens is 1. The summed E-state index contributed by atoms with van der Waals surface area (Å²) >= 11 is 5.95. The maximum atomic E-state index is 12.8. The van der Waals surface area contributed by atoms with Crippen LogP contribution in [0.2, 0.25) is 5.02 Å². The molecule has 1 atom stereocenters. The summed E-state index contributed by atoms with van der Waals surface area (Å²) in [5.74, 6) is -0.0105. The predicted molar refractivity (Wildman–Crippen MR) is 85.9 cm³/mol. The Balaban J connectivity index is 1.87. The molecule has 0 radical (unpaired) electrons. The van der Waals surface area contributed by atoms with Crippen LogP contribution in [-0.2, 0) is 16.1 Å². The molecule has 2 aromatic rings. The molecule has 1 amide bonds. The third-order valence-electron chi connectivity index (χ3n) is 3.67. The summed E-state index contributed by atoms with van der Waals surface area (Å²) in [7, 11) is 0. The first-order chi connectivity index (χ1) is 10.7. The normalized spacial score (nSPS) is 17.4. The minimum atomic E-state index is -0.354. The number of ether oxygens (including phenoxy) is 1. The monoisotopic (exact) mass is 316 g/mol. The van der Waals surface area contributed by atoms with Gasteiger partial charge in [-0.25, -0.2) is 0 Å². The number of carbonyl (C=O) groups excluding carboxylic acids is 1.